The van der Waals surface area contributed by atoms with Crippen LogP contribution in [0.4, 0.5) is 22.7 Å². The number of hydrogen-bond acceptors (Lipinski definition) is 6. The Labute approximate surface area is 181 Å². The number of amides is 2. The van der Waals surface area contributed by atoms with E-state index in [2.05, 4.69) is 24.8 Å². The highest BCUT2D eigenvalue weighted by atomic mass is 32.1. The molecular formula is C19H14F4N4O4S. The summed E-state index contributed by atoms with van der Waals surface area (Å²) in [6.45, 7) is -6.35. The molecule has 13 heteroatoms. The lowest BCUT2D eigenvalue weighted by Crippen LogP contribution is -2.10. The van der Waals surface area contributed by atoms with E-state index in [1.165, 1.54) is 24.4 Å². The maximum Gasteiger partial charge on any atom is 0.387 e. The van der Waals surface area contributed by atoms with Crippen molar-refractivity contribution >= 4 is 34.4 Å². The van der Waals surface area contributed by atoms with Crippen LogP contribution in [0.25, 0.3) is 17.3 Å². The molecule has 4 N–H and O–H groups in total. The number of rotatable bonds is 9. The van der Waals surface area contributed by atoms with Gasteiger partial charge in [-0.3, -0.25) is 14.9 Å². The zero-order chi connectivity index (χ0) is 23.3. The van der Waals surface area contributed by atoms with Gasteiger partial charge >= 0.3 is 13.2 Å². The van der Waals surface area contributed by atoms with E-state index in [1.54, 1.807) is 5.38 Å². The van der Waals surface area contributed by atoms with E-state index in [0.29, 0.717) is 11.3 Å². The number of ether oxygens (including phenoxy) is 2. The number of hydrogen-bond donors (Lipinski definition) is 3. The predicted molar refractivity (Wildman–Crippen MR) is 108 cm³/mol. The van der Waals surface area contributed by atoms with Gasteiger partial charge in [-0.05, 0) is 24.3 Å². The van der Waals surface area contributed by atoms with Crippen molar-refractivity contribution < 1.29 is 36.6 Å². The summed E-state index contributed by atoms with van der Waals surface area (Å²) in [5.74, 6) is -2.09. The molecule has 0 radical (unpaired) electrons. The molecule has 3 aromatic rings. The molecule has 3 rings (SSSR count). The summed E-state index contributed by atoms with van der Waals surface area (Å²) in [6.07, 6.45) is 3.73. The van der Waals surface area contributed by atoms with Crippen LogP contribution in [0.3, 0.4) is 0 Å². The predicted octanol–water partition coefficient (Wildman–Crippen LogP) is 4.09. The minimum absolute atomic E-state index is 0.0354. The second kappa shape index (κ2) is 9.96. The average molecular weight is 470 g/mol. The number of nitrogens with one attached hydrogen (secondary N) is 2. The van der Waals surface area contributed by atoms with E-state index in [9.17, 15) is 27.2 Å². The minimum atomic E-state index is -3.21. The Morgan fingerprint density at radius 1 is 1.16 bits per heavy atom. The van der Waals surface area contributed by atoms with E-state index < -0.39 is 30.8 Å². The zero-order valence-electron chi connectivity index (χ0n) is 15.9. The number of nitrogens with two attached hydrogens (primary N) is 1. The van der Waals surface area contributed by atoms with Crippen molar-refractivity contribution in [1.29, 1.82) is 0 Å². The third-order valence-corrected chi connectivity index (χ3v) is 4.58. The van der Waals surface area contributed by atoms with Gasteiger partial charge in [-0.25, -0.2) is 4.98 Å². The summed E-state index contributed by atoms with van der Waals surface area (Å²) in [5, 5.41) is 4.38. The Kier molecular flexibility index (Phi) is 7.10. The first-order chi connectivity index (χ1) is 15.2. The number of anilines is 1. The molecule has 32 heavy (non-hydrogen) atoms. The number of carbonyl (C=O) groups excluding carboxylic acids is 2. The van der Waals surface area contributed by atoms with Crippen LogP contribution in [0.15, 0.2) is 41.9 Å². The molecule has 0 aliphatic carbocycles. The Bertz CT molecular complexity index is 1150. The smallest absolute Gasteiger partial charge is 0.387 e. The molecule has 0 saturated carbocycles. The number of benzene rings is 1. The van der Waals surface area contributed by atoms with Crippen molar-refractivity contribution in [2.24, 2.45) is 5.73 Å². The molecule has 1 aromatic carbocycles. The van der Waals surface area contributed by atoms with Crippen LogP contribution in [0.2, 0.25) is 0 Å². The summed E-state index contributed by atoms with van der Waals surface area (Å²) in [6, 6.07) is 4.67. The van der Waals surface area contributed by atoms with E-state index in [1.807, 2.05) is 0 Å². The third kappa shape index (κ3) is 6.07. The van der Waals surface area contributed by atoms with Gasteiger partial charge in [0.05, 0.1) is 5.69 Å². The maximum atomic E-state index is 12.6. The Hall–Kier alpha value is -3.87. The van der Waals surface area contributed by atoms with Crippen molar-refractivity contribution in [3.05, 3.63) is 53.2 Å². The van der Waals surface area contributed by atoms with Gasteiger partial charge in [-0.15, -0.1) is 11.3 Å². The van der Waals surface area contributed by atoms with Crippen molar-refractivity contribution in [2.75, 3.05) is 5.32 Å². The second-order valence-corrected chi connectivity index (χ2v) is 6.84. The first-order valence-corrected chi connectivity index (χ1v) is 9.56. The van der Waals surface area contributed by atoms with E-state index in [4.69, 9.17) is 5.73 Å². The summed E-state index contributed by atoms with van der Waals surface area (Å²) >= 11 is 1.11. The molecular weight excluding hydrogens is 456 g/mol. The van der Waals surface area contributed by atoms with Crippen molar-refractivity contribution in [3.63, 3.8) is 0 Å². The maximum absolute atomic E-state index is 12.6. The van der Waals surface area contributed by atoms with Gasteiger partial charge in [0.25, 0.3) is 5.91 Å². The summed E-state index contributed by atoms with van der Waals surface area (Å²) in [7, 11) is 0. The van der Waals surface area contributed by atoms with E-state index in [-0.39, 0.29) is 22.1 Å². The number of aromatic amines is 1. The van der Waals surface area contributed by atoms with Gasteiger partial charge in [-0.1, -0.05) is 0 Å². The van der Waals surface area contributed by atoms with Crippen molar-refractivity contribution in [1.82, 2.24) is 9.97 Å². The average Bonchev–Trinajstić information content (AvgIpc) is 3.36. The summed E-state index contributed by atoms with van der Waals surface area (Å²) in [5.41, 5.74) is 6.49. The number of thiazole rings is 1. The summed E-state index contributed by atoms with van der Waals surface area (Å²) in [4.78, 5) is 30.2. The number of halogens is 4. The number of carbonyl (C=O) groups is 2. The van der Waals surface area contributed by atoms with Gasteiger partial charge in [-0.2, -0.15) is 17.6 Å². The quantitative estimate of drug-likeness (QED) is 0.322. The number of aromatic nitrogens is 2. The molecule has 0 aliphatic rings. The van der Waals surface area contributed by atoms with E-state index in [0.717, 1.165) is 29.5 Å². The number of alkyl halides is 4. The van der Waals surface area contributed by atoms with Crippen LogP contribution in [0.5, 0.6) is 11.5 Å². The number of H-pyrrole nitrogens is 1. The number of primary amides is 1. The normalized spacial score (nSPS) is 11.3. The fraction of sp³-hybridized carbons (Fsp3) is 0.105. The van der Waals surface area contributed by atoms with Crippen LogP contribution in [-0.2, 0) is 4.79 Å². The van der Waals surface area contributed by atoms with Gasteiger partial charge in [0.15, 0.2) is 5.13 Å². The highest BCUT2D eigenvalue weighted by Gasteiger charge is 2.13. The van der Waals surface area contributed by atoms with Crippen molar-refractivity contribution in [3.8, 4) is 22.8 Å². The van der Waals surface area contributed by atoms with Gasteiger partial charge < -0.3 is 20.2 Å². The lowest BCUT2D eigenvalue weighted by molar-refractivity contribution is -0.111. The molecule has 168 valence electrons. The lowest BCUT2D eigenvalue weighted by Gasteiger charge is -2.11. The topological polar surface area (TPSA) is 119 Å². The Morgan fingerprint density at radius 3 is 2.56 bits per heavy atom. The van der Waals surface area contributed by atoms with Gasteiger partial charge in [0.2, 0.25) is 5.91 Å². The molecule has 0 aliphatic heterocycles. The van der Waals surface area contributed by atoms with Crippen LogP contribution in [-0.4, -0.2) is 35.0 Å². The van der Waals surface area contributed by atoms with Crippen LogP contribution in [0, 0.1) is 0 Å². The third-order valence-electron chi connectivity index (χ3n) is 3.82. The van der Waals surface area contributed by atoms with Crippen LogP contribution >= 0.6 is 11.3 Å². The number of nitrogens with zero attached hydrogens (tertiary/aromatic N) is 1. The van der Waals surface area contributed by atoms with E-state index >= 15 is 0 Å². The molecule has 2 aromatic heterocycles. The fourth-order valence-corrected chi connectivity index (χ4v) is 3.21. The molecule has 2 amide bonds. The highest BCUT2D eigenvalue weighted by Crippen LogP contribution is 2.29. The van der Waals surface area contributed by atoms with Crippen LogP contribution < -0.4 is 20.5 Å². The first kappa shape index (κ1) is 22.8. The molecule has 0 saturated heterocycles. The standard InChI is InChI=1S/C19H14F4N4O4S/c20-17(21)30-11-3-1-9(14(6-11)31-18(22)23)2-4-15(28)27-19-26-13(8-32-19)10-5-12(16(24)29)25-7-10/h1-8,17-18,25H,(H2,24,29)(H,26,27,28)/b4-2+. The van der Waals surface area contributed by atoms with Crippen molar-refractivity contribution in [2.45, 2.75) is 13.2 Å². The van der Waals surface area contributed by atoms with Gasteiger partial charge in [0.1, 0.15) is 17.2 Å². The highest BCUT2D eigenvalue weighted by molar-refractivity contribution is 7.14. The molecule has 0 bridgehead atoms. The lowest BCUT2D eigenvalue weighted by atomic mass is 10.1. The second-order valence-electron chi connectivity index (χ2n) is 5.98. The molecule has 0 atom stereocenters. The largest absolute Gasteiger partial charge is 0.435 e. The SMILES string of the molecule is NC(=O)c1cc(-c2csc(NC(=O)/C=C/c3ccc(OC(F)F)cc3OC(F)F)n2)c[nH]1. The molecule has 8 nitrogen and oxygen atoms in total. The van der Waals surface area contributed by atoms with Gasteiger partial charge in [0, 0.05) is 34.8 Å². The monoisotopic (exact) mass is 470 g/mol. The Morgan fingerprint density at radius 2 is 1.91 bits per heavy atom. The molecule has 0 spiro atoms. The molecule has 2 heterocycles. The summed E-state index contributed by atoms with van der Waals surface area (Å²) < 4.78 is 58.3. The Balaban J connectivity index is 1.70. The molecule has 0 fully saturated rings. The van der Waals surface area contributed by atoms with Crippen LogP contribution in [0.1, 0.15) is 16.1 Å². The minimum Gasteiger partial charge on any atom is -0.435 e. The molecule has 0 unspecified atom stereocenters. The first-order valence-electron chi connectivity index (χ1n) is 8.68. The zero-order valence-corrected chi connectivity index (χ0v) is 16.7. The fourth-order valence-electron chi connectivity index (χ4n) is 2.49.